The minimum atomic E-state index is -1.26. The first-order valence-electron chi connectivity index (χ1n) is 7.90. The van der Waals surface area contributed by atoms with Crippen LogP contribution in [0.15, 0.2) is 54.6 Å². The Bertz CT molecular complexity index is 806. The summed E-state index contributed by atoms with van der Waals surface area (Å²) >= 11 is 0. The lowest BCUT2D eigenvalue weighted by Crippen LogP contribution is -2.36. The largest absolute Gasteiger partial charge is 0.378 e. The summed E-state index contributed by atoms with van der Waals surface area (Å²) in [7, 11) is 0. The predicted molar refractivity (Wildman–Crippen MR) is 90.0 cm³/mol. The maximum Gasteiger partial charge on any atom is 0.227 e. The fourth-order valence-electron chi connectivity index (χ4n) is 3.00. The van der Waals surface area contributed by atoms with E-state index in [0.717, 1.165) is 23.8 Å². The van der Waals surface area contributed by atoms with Crippen LogP contribution in [0.1, 0.15) is 23.6 Å². The summed E-state index contributed by atoms with van der Waals surface area (Å²) in [6.07, 6.45) is 0.239. The van der Waals surface area contributed by atoms with Crippen molar-refractivity contribution in [3.63, 3.8) is 0 Å². The van der Waals surface area contributed by atoms with E-state index in [1.807, 2.05) is 30.3 Å². The van der Waals surface area contributed by atoms with Gasteiger partial charge in [-0.3, -0.25) is 4.79 Å². The molecule has 0 saturated carbocycles. The minimum absolute atomic E-state index is 0.117. The fraction of sp³-hybridized carbons (Fsp3) is 0.211. The predicted octanol–water partition coefficient (Wildman–Crippen LogP) is 2.60. The Morgan fingerprint density at radius 3 is 2.64 bits per heavy atom. The Labute approximate surface area is 144 Å². The molecule has 1 amide bonds. The second-order valence-corrected chi connectivity index (χ2v) is 5.96. The van der Waals surface area contributed by atoms with Gasteiger partial charge >= 0.3 is 0 Å². The second kappa shape index (κ2) is 7.13. The van der Waals surface area contributed by atoms with Crippen molar-refractivity contribution in [2.75, 3.05) is 6.54 Å². The third-order valence-corrected chi connectivity index (χ3v) is 4.16. The van der Waals surface area contributed by atoms with Crippen LogP contribution in [0.2, 0.25) is 0 Å². The number of carbonyl (C=O) groups excluding carboxylic acids is 1. The fourth-order valence-corrected chi connectivity index (χ4v) is 3.00. The monoisotopic (exact) mass is 344 g/mol. The second-order valence-electron chi connectivity index (χ2n) is 5.96. The van der Waals surface area contributed by atoms with Gasteiger partial charge in [-0.1, -0.05) is 36.4 Å². The van der Waals surface area contributed by atoms with Gasteiger partial charge in [0.25, 0.3) is 0 Å². The molecular weight excluding hydrogens is 326 g/mol. The van der Waals surface area contributed by atoms with Crippen molar-refractivity contribution in [3.05, 3.63) is 77.4 Å². The lowest BCUT2D eigenvalue weighted by Gasteiger charge is -2.25. The van der Waals surface area contributed by atoms with E-state index < -0.39 is 23.9 Å². The molecule has 0 bridgehead atoms. The van der Waals surface area contributed by atoms with Crippen molar-refractivity contribution >= 4 is 11.5 Å². The molecule has 130 valence electrons. The van der Waals surface area contributed by atoms with E-state index in [-0.39, 0.29) is 24.4 Å². The number of halogens is 2. The standard InChI is InChI=1S/C19H18F2N2O2/c20-14-6-7-16(21)15(9-14)13-8-17(12-4-2-1-3-5-12)23(11-13)19(25)10-18(22)24/h1-9,17-18,24H,10-11,22H2. The van der Waals surface area contributed by atoms with E-state index in [0.29, 0.717) is 5.57 Å². The molecule has 0 radical (unpaired) electrons. The average molecular weight is 344 g/mol. The van der Waals surface area contributed by atoms with Gasteiger partial charge in [-0.05, 0) is 29.3 Å². The molecule has 3 N–H and O–H groups in total. The van der Waals surface area contributed by atoms with Gasteiger partial charge in [0.2, 0.25) is 5.91 Å². The Kier molecular flexibility index (Phi) is 4.92. The number of nitrogens with two attached hydrogens (primary N) is 1. The summed E-state index contributed by atoms with van der Waals surface area (Å²) in [5.41, 5.74) is 6.81. The van der Waals surface area contributed by atoms with Crippen molar-refractivity contribution in [2.24, 2.45) is 5.73 Å². The zero-order chi connectivity index (χ0) is 18.0. The van der Waals surface area contributed by atoms with Crippen LogP contribution < -0.4 is 5.73 Å². The number of amides is 1. The van der Waals surface area contributed by atoms with Gasteiger partial charge in [-0.25, -0.2) is 8.78 Å². The van der Waals surface area contributed by atoms with E-state index in [1.54, 1.807) is 6.08 Å². The number of hydrogen-bond acceptors (Lipinski definition) is 3. The molecule has 1 aliphatic rings. The summed E-state index contributed by atoms with van der Waals surface area (Å²) in [5, 5.41) is 9.31. The average Bonchev–Trinajstić information content (AvgIpc) is 3.02. The van der Waals surface area contributed by atoms with Gasteiger partial charge in [-0.15, -0.1) is 0 Å². The number of aliphatic hydroxyl groups excluding tert-OH is 1. The summed E-state index contributed by atoms with van der Waals surface area (Å²) in [5.74, 6) is -1.45. The molecule has 0 spiro atoms. The highest BCUT2D eigenvalue weighted by molar-refractivity contribution is 5.83. The number of rotatable bonds is 4. The van der Waals surface area contributed by atoms with Crippen molar-refractivity contribution in [1.82, 2.24) is 4.90 Å². The Hall–Kier alpha value is -2.57. The lowest BCUT2D eigenvalue weighted by molar-refractivity contribution is -0.133. The zero-order valence-corrected chi connectivity index (χ0v) is 13.4. The summed E-state index contributed by atoms with van der Waals surface area (Å²) in [4.78, 5) is 14.0. The first kappa shape index (κ1) is 17.3. The van der Waals surface area contributed by atoms with Crippen LogP contribution >= 0.6 is 0 Å². The molecule has 6 heteroatoms. The smallest absolute Gasteiger partial charge is 0.227 e. The van der Waals surface area contributed by atoms with Gasteiger partial charge in [-0.2, -0.15) is 0 Å². The van der Waals surface area contributed by atoms with Gasteiger partial charge in [0.05, 0.1) is 12.5 Å². The Morgan fingerprint density at radius 1 is 1.24 bits per heavy atom. The number of hydrogen-bond donors (Lipinski definition) is 2. The van der Waals surface area contributed by atoms with E-state index in [4.69, 9.17) is 5.73 Å². The normalized spacial score (nSPS) is 18.2. The molecular formula is C19H18F2N2O2. The topological polar surface area (TPSA) is 66.6 Å². The summed E-state index contributed by atoms with van der Waals surface area (Å²) < 4.78 is 27.6. The number of aliphatic hydroxyl groups is 1. The molecule has 0 fully saturated rings. The van der Waals surface area contributed by atoms with Gasteiger partial charge < -0.3 is 15.7 Å². The SMILES string of the molecule is NC(O)CC(=O)N1CC(c2cc(F)ccc2F)=CC1c1ccccc1. The number of benzene rings is 2. The van der Waals surface area contributed by atoms with Crippen LogP contribution in [0.25, 0.3) is 5.57 Å². The lowest BCUT2D eigenvalue weighted by atomic mass is 10.0. The number of carbonyl (C=O) groups is 1. The van der Waals surface area contributed by atoms with Crippen LogP contribution in [0, 0.1) is 11.6 Å². The Morgan fingerprint density at radius 2 is 1.96 bits per heavy atom. The van der Waals surface area contributed by atoms with Gasteiger partial charge in [0.1, 0.15) is 17.9 Å². The third-order valence-electron chi connectivity index (χ3n) is 4.16. The molecule has 25 heavy (non-hydrogen) atoms. The molecule has 2 aromatic carbocycles. The van der Waals surface area contributed by atoms with Crippen LogP contribution in [-0.2, 0) is 4.79 Å². The van der Waals surface area contributed by atoms with Gasteiger partial charge in [0, 0.05) is 12.1 Å². The van der Waals surface area contributed by atoms with Crippen molar-refractivity contribution in [2.45, 2.75) is 18.7 Å². The maximum absolute atomic E-state index is 14.1. The molecule has 0 aliphatic carbocycles. The molecule has 2 atom stereocenters. The summed E-state index contributed by atoms with van der Waals surface area (Å²) in [6.45, 7) is 0.117. The zero-order valence-electron chi connectivity index (χ0n) is 13.4. The van der Waals surface area contributed by atoms with E-state index >= 15 is 0 Å². The molecule has 4 nitrogen and oxygen atoms in total. The third kappa shape index (κ3) is 3.75. The quantitative estimate of drug-likeness (QED) is 0.838. The first-order valence-corrected chi connectivity index (χ1v) is 7.90. The highest BCUT2D eigenvalue weighted by Crippen LogP contribution is 2.36. The molecule has 0 aromatic heterocycles. The van der Waals surface area contributed by atoms with Crippen LogP contribution in [0.4, 0.5) is 8.78 Å². The number of nitrogens with zero attached hydrogens (tertiary/aromatic N) is 1. The Balaban J connectivity index is 1.98. The molecule has 1 aliphatic heterocycles. The highest BCUT2D eigenvalue weighted by Gasteiger charge is 2.32. The van der Waals surface area contributed by atoms with Crippen molar-refractivity contribution in [3.8, 4) is 0 Å². The van der Waals surface area contributed by atoms with Crippen LogP contribution in [-0.4, -0.2) is 28.7 Å². The first-order chi connectivity index (χ1) is 12.0. The summed E-state index contributed by atoms with van der Waals surface area (Å²) in [6, 6.07) is 12.0. The highest BCUT2D eigenvalue weighted by atomic mass is 19.1. The molecule has 0 saturated heterocycles. The molecule has 2 aromatic rings. The van der Waals surface area contributed by atoms with Gasteiger partial charge in [0.15, 0.2) is 0 Å². The van der Waals surface area contributed by atoms with Crippen molar-refractivity contribution in [1.29, 1.82) is 0 Å². The minimum Gasteiger partial charge on any atom is -0.378 e. The molecule has 2 unspecified atom stereocenters. The van der Waals surface area contributed by atoms with E-state index in [2.05, 4.69) is 0 Å². The van der Waals surface area contributed by atoms with Crippen molar-refractivity contribution < 1.29 is 18.7 Å². The van der Waals surface area contributed by atoms with E-state index in [1.165, 1.54) is 4.90 Å². The van der Waals surface area contributed by atoms with Crippen LogP contribution in [0.3, 0.4) is 0 Å². The molecule has 1 heterocycles. The van der Waals surface area contributed by atoms with E-state index in [9.17, 15) is 18.7 Å². The molecule has 3 rings (SSSR count). The maximum atomic E-state index is 14.1. The van der Waals surface area contributed by atoms with Crippen LogP contribution in [0.5, 0.6) is 0 Å².